The van der Waals surface area contributed by atoms with Crippen molar-refractivity contribution < 1.29 is 14.0 Å². The van der Waals surface area contributed by atoms with Crippen LogP contribution in [-0.2, 0) is 6.54 Å². The molecule has 0 radical (unpaired) electrons. The molecule has 1 N–H and O–H groups in total. The van der Waals surface area contributed by atoms with E-state index >= 15 is 0 Å². The van der Waals surface area contributed by atoms with Gasteiger partial charge in [0, 0.05) is 18.7 Å². The van der Waals surface area contributed by atoms with Crippen LogP contribution in [0.15, 0.2) is 65.7 Å². The van der Waals surface area contributed by atoms with E-state index in [9.17, 15) is 9.59 Å². The van der Waals surface area contributed by atoms with E-state index in [2.05, 4.69) is 25.5 Å². The number of benzene rings is 1. The molecule has 0 fully saturated rings. The Kier molecular flexibility index (Phi) is 4.93. The number of nitrogens with one attached hydrogen (secondary N) is 1. The van der Waals surface area contributed by atoms with Crippen molar-refractivity contribution in [1.82, 2.24) is 25.0 Å². The van der Waals surface area contributed by atoms with Gasteiger partial charge < -0.3 is 9.73 Å². The Morgan fingerprint density at radius 3 is 2.76 bits per heavy atom. The van der Waals surface area contributed by atoms with Crippen LogP contribution in [0.25, 0.3) is 11.3 Å². The number of carbonyl (C=O) groups excluding carboxylic acids is 2. The van der Waals surface area contributed by atoms with Crippen LogP contribution in [0.4, 0.5) is 5.82 Å². The number of amides is 1. The SMILES string of the molecule is CC(=O)c1cc(Cn2ncc(NC(=O)c3ncoc3-c3ccccc3)n2)ccn1. The number of pyridine rings is 1. The molecule has 0 bridgehead atoms. The molecule has 9 nitrogen and oxygen atoms in total. The molecule has 4 aromatic rings. The molecular weight excluding hydrogens is 372 g/mol. The van der Waals surface area contributed by atoms with E-state index in [0.717, 1.165) is 11.1 Å². The first-order valence-corrected chi connectivity index (χ1v) is 8.76. The minimum absolute atomic E-state index is 0.116. The zero-order valence-electron chi connectivity index (χ0n) is 15.4. The minimum atomic E-state index is -0.451. The first-order valence-electron chi connectivity index (χ1n) is 8.76. The number of aromatic nitrogens is 5. The lowest BCUT2D eigenvalue weighted by Crippen LogP contribution is -2.14. The molecule has 0 saturated carbocycles. The molecule has 4 rings (SSSR count). The van der Waals surface area contributed by atoms with Gasteiger partial charge in [0.1, 0.15) is 5.69 Å². The minimum Gasteiger partial charge on any atom is -0.443 e. The van der Waals surface area contributed by atoms with Crippen LogP contribution < -0.4 is 5.32 Å². The zero-order valence-corrected chi connectivity index (χ0v) is 15.4. The van der Waals surface area contributed by atoms with Crippen molar-refractivity contribution in [3.63, 3.8) is 0 Å². The van der Waals surface area contributed by atoms with E-state index in [1.54, 1.807) is 18.3 Å². The summed E-state index contributed by atoms with van der Waals surface area (Å²) in [6.07, 6.45) is 4.23. The Morgan fingerprint density at radius 1 is 1.14 bits per heavy atom. The number of nitrogens with zero attached hydrogens (tertiary/aromatic N) is 5. The summed E-state index contributed by atoms with van der Waals surface area (Å²) >= 11 is 0. The highest BCUT2D eigenvalue weighted by atomic mass is 16.3. The standard InChI is InChI=1S/C20H16N6O3/c1-13(27)16-9-14(7-8-21-16)11-26-23-10-17(25-26)24-20(28)18-19(29-12-22-18)15-5-3-2-4-6-15/h2-10,12H,11H2,1H3,(H,24,25,28). The van der Waals surface area contributed by atoms with Gasteiger partial charge in [0.15, 0.2) is 29.4 Å². The van der Waals surface area contributed by atoms with Crippen molar-refractivity contribution >= 4 is 17.5 Å². The van der Waals surface area contributed by atoms with E-state index < -0.39 is 5.91 Å². The lowest BCUT2D eigenvalue weighted by Gasteiger charge is -2.03. The molecule has 0 aliphatic heterocycles. The summed E-state index contributed by atoms with van der Waals surface area (Å²) in [6.45, 7) is 1.79. The van der Waals surface area contributed by atoms with Crippen LogP contribution >= 0.6 is 0 Å². The second-order valence-corrected chi connectivity index (χ2v) is 6.22. The summed E-state index contributed by atoms with van der Waals surface area (Å²) in [7, 11) is 0. The molecule has 9 heteroatoms. The number of oxazole rings is 1. The number of anilines is 1. The predicted octanol–water partition coefficient (Wildman–Crippen LogP) is 2.83. The van der Waals surface area contributed by atoms with Crippen LogP contribution in [0.1, 0.15) is 33.5 Å². The molecular formula is C20H16N6O3. The summed E-state index contributed by atoms with van der Waals surface area (Å²) in [5.41, 5.74) is 2.10. The van der Waals surface area contributed by atoms with E-state index in [0.29, 0.717) is 18.0 Å². The third kappa shape index (κ3) is 4.08. The topological polar surface area (TPSA) is 116 Å². The summed E-state index contributed by atoms with van der Waals surface area (Å²) < 4.78 is 5.38. The molecule has 1 aromatic carbocycles. The second-order valence-electron chi connectivity index (χ2n) is 6.22. The Labute approximate surface area is 165 Å². The maximum absolute atomic E-state index is 12.6. The number of hydrogen-bond donors (Lipinski definition) is 1. The molecule has 0 saturated heterocycles. The van der Waals surface area contributed by atoms with Gasteiger partial charge >= 0.3 is 0 Å². The van der Waals surface area contributed by atoms with Crippen LogP contribution in [0.5, 0.6) is 0 Å². The average molecular weight is 388 g/mol. The first kappa shape index (κ1) is 18.2. The lowest BCUT2D eigenvalue weighted by atomic mass is 10.1. The fraction of sp³-hybridized carbons (Fsp3) is 0.100. The maximum atomic E-state index is 12.6. The van der Waals surface area contributed by atoms with Crippen LogP contribution in [0, 0.1) is 0 Å². The fourth-order valence-electron chi connectivity index (χ4n) is 2.74. The molecule has 0 aliphatic rings. The Balaban J connectivity index is 1.48. The zero-order chi connectivity index (χ0) is 20.2. The van der Waals surface area contributed by atoms with Crippen molar-refractivity contribution in [2.24, 2.45) is 0 Å². The number of Topliss-reactive ketones (excluding diaryl/α,β-unsaturated/α-hetero) is 1. The Hall–Kier alpha value is -4.14. The molecule has 3 aromatic heterocycles. The van der Waals surface area contributed by atoms with Gasteiger partial charge in [-0.3, -0.25) is 14.6 Å². The number of rotatable bonds is 6. The number of ketones is 1. The van der Waals surface area contributed by atoms with E-state index in [-0.39, 0.29) is 17.3 Å². The maximum Gasteiger partial charge on any atom is 0.279 e. The van der Waals surface area contributed by atoms with E-state index in [4.69, 9.17) is 4.42 Å². The molecule has 144 valence electrons. The molecule has 1 amide bonds. The van der Waals surface area contributed by atoms with Gasteiger partial charge in [-0.2, -0.15) is 9.90 Å². The highest BCUT2D eigenvalue weighted by Crippen LogP contribution is 2.23. The van der Waals surface area contributed by atoms with Crippen molar-refractivity contribution in [3.8, 4) is 11.3 Å². The van der Waals surface area contributed by atoms with Crippen molar-refractivity contribution in [3.05, 3.63) is 78.2 Å². The molecule has 0 aliphatic carbocycles. The molecule has 0 spiro atoms. The summed E-state index contributed by atoms with van der Waals surface area (Å²) in [5, 5.41) is 11.1. The summed E-state index contributed by atoms with van der Waals surface area (Å²) in [5.74, 6) is 0.0874. The van der Waals surface area contributed by atoms with E-state index in [1.807, 2.05) is 30.3 Å². The average Bonchev–Trinajstić information content (AvgIpc) is 3.38. The van der Waals surface area contributed by atoms with Gasteiger partial charge in [0.25, 0.3) is 5.91 Å². The Bertz CT molecular complexity index is 1170. The second kappa shape index (κ2) is 7.85. The van der Waals surface area contributed by atoms with E-state index in [1.165, 1.54) is 24.3 Å². The molecule has 0 atom stereocenters. The Morgan fingerprint density at radius 2 is 1.97 bits per heavy atom. The smallest absolute Gasteiger partial charge is 0.279 e. The first-order chi connectivity index (χ1) is 14.1. The van der Waals surface area contributed by atoms with Crippen molar-refractivity contribution in [2.45, 2.75) is 13.5 Å². The van der Waals surface area contributed by atoms with Gasteiger partial charge in [-0.05, 0) is 17.7 Å². The monoisotopic (exact) mass is 388 g/mol. The quantitative estimate of drug-likeness (QED) is 0.505. The van der Waals surface area contributed by atoms with Crippen molar-refractivity contribution in [1.29, 1.82) is 0 Å². The van der Waals surface area contributed by atoms with Gasteiger partial charge in [-0.1, -0.05) is 30.3 Å². The molecule has 3 heterocycles. The van der Waals surface area contributed by atoms with Gasteiger partial charge in [0.2, 0.25) is 0 Å². The molecule has 29 heavy (non-hydrogen) atoms. The lowest BCUT2D eigenvalue weighted by molar-refractivity contribution is 0.100. The van der Waals surface area contributed by atoms with Crippen LogP contribution in [-0.4, -0.2) is 36.7 Å². The van der Waals surface area contributed by atoms with Gasteiger partial charge in [-0.15, -0.1) is 5.10 Å². The third-order valence-corrected chi connectivity index (χ3v) is 4.11. The number of hydrogen-bond acceptors (Lipinski definition) is 7. The van der Waals surface area contributed by atoms with Crippen LogP contribution in [0.2, 0.25) is 0 Å². The van der Waals surface area contributed by atoms with Crippen LogP contribution in [0.3, 0.4) is 0 Å². The number of carbonyl (C=O) groups is 2. The molecule has 0 unspecified atom stereocenters. The van der Waals surface area contributed by atoms with Gasteiger partial charge in [-0.25, -0.2) is 4.98 Å². The van der Waals surface area contributed by atoms with Gasteiger partial charge in [0.05, 0.1) is 12.7 Å². The van der Waals surface area contributed by atoms with Crippen molar-refractivity contribution in [2.75, 3.05) is 5.32 Å². The third-order valence-electron chi connectivity index (χ3n) is 4.11. The highest BCUT2D eigenvalue weighted by Gasteiger charge is 2.19. The highest BCUT2D eigenvalue weighted by molar-refractivity contribution is 6.05. The summed E-state index contributed by atoms with van der Waals surface area (Å²) in [4.78, 5) is 33.5. The fourth-order valence-corrected chi connectivity index (χ4v) is 2.74. The predicted molar refractivity (Wildman–Crippen MR) is 103 cm³/mol. The largest absolute Gasteiger partial charge is 0.443 e. The summed E-state index contributed by atoms with van der Waals surface area (Å²) in [6, 6.07) is 12.7. The normalized spacial score (nSPS) is 10.7.